The Morgan fingerprint density at radius 2 is 1.58 bits per heavy atom. The van der Waals surface area contributed by atoms with E-state index in [0.29, 0.717) is 18.5 Å². The van der Waals surface area contributed by atoms with E-state index in [4.69, 9.17) is 0 Å². The van der Waals surface area contributed by atoms with Crippen molar-refractivity contribution in [2.75, 3.05) is 6.54 Å². The van der Waals surface area contributed by atoms with Crippen molar-refractivity contribution in [2.45, 2.75) is 25.3 Å². The number of hydrogen-bond acceptors (Lipinski definition) is 2. The molecule has 1 amide bonds. The highest BCUT2D eigenvalue weighted by molar-refractivity contribution is 5.97. The SMILES string of the molecule is O=C(O)[C@H]1CCCCN1C(=O)c1ccc(-c2cc(F)c(F)c(F)c2)cc1. The maximum atomic E-state index is 13.4. The topological polar surface area (TPSA) is 57.6 Å². The molecule has 0 saturated carbocycles. The molecule has 3 rings (SSSR count). The van der Waals surface area contributed by atoms with Crippen LogP contribution in [0.4, 0.5) is 13.2 Å². The van der Waals surface area contributed by atoms with Gasteiger partial charge in [-0.05, 0) is 54.7 Å². The van der Waals surface area contributed by atoms with Crippen LogP contribution in [0.1, 0.15) is 29.6 Å². The lowest BCUT2D eigenvalue weighted by Gasteiger charge is -2.33. The third-order valence-corrected chi connectivity index (χ3v) is 4.50. The summed E-state index contributed by atoms with van der Waals surface area (Å²) in [6.45, 7) is 0.367. The molecule has 1 heterocycles. The summed E-state index contributed by atoms with van der Waals surface area (Å²) in [6.07, 6.45) is 1.90. The number of carboxylic acid groups (broad SMARTS) is 1. The molecule has 0 aliphatic carbocycles. The van der Waals surface area contributed by atoms with Crippen LogP contribution in [0.25, 0.3) is 11.1 Å². The van der Waals surface area contributed by atoms with Gasteiger partial charge < -0.3 is 10.0 Å². The van der Waals surface area contributed by atoms with Gasteiger partial charge in [-0.15, -0.1) is 0 Å². The number of hydrogen-bond donors (Lipinski definition) is 1. The lowest BCUT2D eigenvalue weighted by molar-refractivity contribution is -0.143. The Morgan fingerprint density at radius 3 is 2.15 bits per heavy atom. The van der Waals surface area contributed by atoms with Crippen molar-refractivity contribution >= 4 is 11.9 Å². The van der Waals surface area contributed by atoms with Gasteiger partial charge in [0.1, 0.15) is 6.04 Å². The van der Waals surface area contributed by atoms with Crippen molar-refractivity contribution in [2.24, 2.45) is 0 Å². The molecule has 1 N–H and O–H groups in total. The van der Waals surface area contributed by atoms with Crippen LogP contribution in [0.2, 0.25) is 0 Å². The first-order valence-electron chi connectivity index (χ1n) is 8.17. The number of carbonyl (C=O) groups excluding carboxylic acids is 1. The maximum absolute atomic E-state index is 13.4. The van der Waals surface area contributed by atoms with Gasteiger partial charge in [0.25, 0.3) is 5.91 Å². The Balaban J connectivity index is 1.85. The van der Waals surface area contributed by atoms with Gasteiger partial charge in [-0.3, -0.25) is 4.79 Å². The average Bonchev–Trinajstić information content (AvgIpc) is 2.65. The molecule has 0 unspecified atom stereocenters. The van der Waals surface area contributed by atoms with E-state index in [2.05, 4.69) is 0 Å². The number of carboxylic acids is 1. The second-order valence-corrected chi connectivity index (χ2v) is 6.18. The van der Waals surface area contributed by atoms with E-state index in [0.717, 1.165) is 25.0 Å². The Hall–Kier alpha value is -2.83. The van der Waals surface area contributed by atoms with Gasteiger partial charge >= 0.3 is 5.97 Å². The van der Waals surface area contributed by atoms with Crippen LogP contribution in [0.3, 0.4) is 0 Å². The number of rotatable bonds is 3. The predicted octanol–water partition coefficient (Wildman–Crippen LogP) is 3.85. The summed E-state index contributed by atoms with van der Waals surface area (Å²) < 4.78 is 39.8. The molecule has 1 aliphatic rings. The number of carbonyl (C=O) groups is 2. The molecule has 0 radical (unpaired) electrons. The fraction of sp³-hybridized carbons (Fsp3) is 0.263. The monoisotopic (exact) mass is 363 g/mol. The summed E-state index contributed by atoms with van der Waals surface area (Å²) in [5.74, 6) is -5.56. The summed E-state index contributed by atoms with van der Waals surface area (Å²) in [4.78, 5) is 25.3. The largest absolute Gasteiger partial charge is 0.480 e. The first-order chi connectivity index (χ1) is 12.4. The minimum atomic E-state index is -1.54. The van der Waals surface area contributed by atoms with Crippen LogP contribution in [0, 0.1) is 17.5 Å². The van der Waals surface area contributed by atoms with E-state index >= 15 is 0 Å². The Bertz CT molecular complexity index is 829. The highest BCUT2D eigenvalue weighted by atomic mass is 19.2. The zero-order valence-electron chi connectivity index (χ0n) is 13.7. The fourth-order valence-electron chi connectivity index (χ4n) is 3.12. The number of likely N-dealkylation sites (tertiary alicyclic amines) is 1. The van der Waals surface area contributed by atoms with E-state index < -0.39 is 35.4 Å². The highest BCUT2D eigenvalue weighted by Gasteiger charge is 2.32. The highest BCUT2D eigenvalue weighted by Crippen LogP contribution is 2.25. The number of halogens is 3. The maximum Gasteiger partial charge on any atom is 0.326 e. The van der Waals surface area contributed by atoms with Crippen molar-refractivity contribution in [1.82, 2.24) is 4.90 Å². The summed E-state index contributed by atoms with van der Waals surface area (Å²) in [5, 5.41) is 9.28. The van der Waals surface area contributed by atoms with Crippen LogP contribution in [0.5, 0.6) is 0 Å². The van der Waals surface area contributed by atoms with Crippen LogP contribution >= 0.6 is 0 Å². The smallest absolute Gasteiger partial charge is 0.326 e. The van der Waals surface area contributed by atoms with Crippen LogP contribution < -0.4 is 0 Å². The predicted molar refractivity (Wildman–Crippen MR) is 88.1 cm³/mol. The third kappa shape index (κ3) is 3.42. The minimum absolute atomic E-state index is 0.141. The standard InChI is InChI=1S/C19H16F3NO3/c20-14-9-13(10-15(21)17(14)22)11-4-6-12(7-5-11)18(24)23-8-2-1-3-16(23)19(25)26/h4-7,9-10,16H,1-3,8H2,(H,25,26)/t16-/m1/s1. The molecule has 1 fully saturated rings. The van der Waals surface area contributed by atoms with Crippen molar-refractivity contribution in [3.63, 3.8) is 0 Å². The molecular weight excluding hydrogens is 347 g/mol. The lowest BCUT2D eigenvalue weighted by atomic mass is 9.99. The molecule has 2 aromatic rings. The van der Waals surface area contributed by atoms with Crippen molar-refractivity contribution in [3.8, 4) is 11.1 Å². The molecule has 1 aliphatic heterocycles. The van der Waals surface area contributed by atoms with E-state index in [9.17, 15) is 27.9 Å². The van der Waals surface area contributed by atoms with Crippen LogP contribution in [0.15, 0.2) is 36.4 Å². The van der Waals surface area contributed by atoms with Crippen LogP contribution in [-0.2, 0) is 4.79 Å². The molecule has 0 aromatic heterocycles. The molecule has 136 valence electrons. The fourth-order valence-corrected chi connectivity index (χ4v) is 3.12. The van der Waals surface area contributed by atoms with Gasteiger partial charge in [0.2, 0.25) is 0 Å². The molecular formula is C19H16F3NO3. The Labute approximate surface area is 147 Å². The number of nitrogens with zero attached hydrogens (tertiary/aromatic N) is 1. The Morgan fingerprint density at radius 1 is 0.962 bits per heavy atom. The number of piperidine rings is 1. The number of amides is 1. The first-order valence-corrected chi connectivity index (χ1v) is 8.17. The van der Waals surface area contributed by atoms with Gasteiger partial charge in [-0.2, -0.15) is 0 Å². The number of aliphatic carboxylic acids is 1. The summed E-state index contributed by atoms with van der Waals surface area (Å²) in [7, 11) is 0. The molecule has 4 nitrogen and oxygen atoms in total. The van der Waals surface area contributed by atoms with E-state index in [1.54, 1.807) is 0 Å². The normalized spacial score (nSPS) is 17.2. The van der Waals surface area contributed by atoms with Crippen molar-refractivity contribution in [3.05, 3.63) is 59.4 Å². The molecule has 1 atom stereocenters. The van der Waals surface area contributed by atoms with Gasteiger partial charge in [0.05, 0.1) is 0 Å². The van der Waals surface area contributed by atoms with Gasteiger partial charge in [0, 0.05) is 12.1 Å². The summed E-state index contributed by atoms with van der Waals surface area (Å²) >= 11 is 0. The van der Waals surface area contributed by atoms with E-state index in [-0.39, 0.29) is 11.1 Å². The average molecular weight is 363 g/mol. The summed E-state index contributed by atoms with van der Waals surface area (Å²) in [6, 6.07) is 6.80. The molecule has 7 heteroatoms. The first kappa shape index (κ1) is 18.0. The molecule has 0 spiro atoms. The lowest BCUT2D eigenvalue weighted by Crippen LogP contribution is -2.47. The minimum Gasteiger partial charge on any atom is -0.480 e. The molecule has 26 heavy (non-hydrogen) atoms. The van der Waals surface area contributed by atoms with Crippen molar-refractivity contribution < 1.29 is 27.9 Å². The number of benzene rings is 2. The zero-order chi connectivity index (χ0) is 18.8. The van der Waals surface area contributed by atoms with E-state index in [1.807, 2.05) is 0 Å². The van der Waals surface area contributed by atoms with Gasteiger partial charge in [-0.1, -0.05) is 12.1 Å². The van der Waals surface area contributed by atoms with Crippen molar-refractivity contribution in [1.29, 1.82) is 0 Å². The van der Waals surface area contributed by atoms with E-state index in [1.165, 1.54) is 29.2 Å². The Kier molecular flexibility index (Phi) is 4.97. The second-order valence-electron chi connectivity index (χ2n) is 6.18. The third-order valence-electron chi connectivity index (χ3n) is 4.50. The van der Waals surface area contributed by atoms with Crippen LogP contribution in [-0.4, -0.2) is 34.5 Å². The second kappa shape index (κ2) is 7.19. The summed E-state index contributed by atoms with van der Waals surface area (Å²) in [5.41, 5.74) is 0.833. The quantitative estimate of drug-likeness (QED) is 0.843. The molecule has 0 bridgehead atoms. The zero-order valence-corrected chi connectivity index (χ0v) is 13.7. The van der Waals surface area contributed by atoms with Gasteiger partial charge in [0.15, 0.2) is 17.5 Å². The molecule has 2 aromatic carbocycles. The van der Waals surface area contributed by atoms with Gasteiger partial charge in [-0.25, -0.2) is 18.0 Å². The molecule has 1 saturated heterocycles.